The van der Waals surface area contributed by atoms with Gasteiger partial charge in [-0.15, -0.1) is 12.4 Å². The molecule has 0 aromatic heterocycles. The maximum absolute atomic E-state index is 11.8. The van der Waals surface area contributed by atoms with Crippen molar-refractivity contribution in [1.82, 2.24) is 10.6 Å². The van der Waals surface area contributed by atoms with Gasteiger partial charge < -0.3 is 10.6 Å². The van der Waals surface area contributed by atoms with Crippen molar-refractivity contribution in [3.8, 4) is 0 Å². The fourth-order valence-electron chi connectivity index (χ4n) is 2.82. The topological polar surface area (TPSA) is 41.1 Å². The van der Waals surface area contributed by atoms with Crippen LogP contribution in [0.3, 0.4) is 0 Å². The summed E-state index contributed by atoms with van der Waals surface area (Å²) in [6.45, 7) is 4.41. The predicted molar refractivity (Wildman–Crippen MR) is 72.5 cm³/mol. The molecule has 1 unspecified atom stereocenters. The van der Waals surface area contributed by atoms with E-state index in [1.165, 1.54) is 25.7 Å². The van der Waals surface area contributed by atoms with Crippen LogP contribution < -0.4 is 10.6 Å². The molecule has 1 amide bonds. The average molecular weight is 261 g/mol. The van der Waals surface area contributed by atoms with Gasteiger partial charge in [0.25, 0.3) is 0 Å². The second-order valence-corrected chi connectivity index (χ2v) is 5.43. The van der Waals surface area contributed by atoms with Gasteiger partial charge in [0.2, 0.25) is 5.91 Å². The van der Waals surface area contributed by atoms with Crippen LogP contribution in [-0.4, -0.2) is 24.5 Å². The first-order chi connectivity index (χ1) is 7.74. The van der Waals surface area contributed by atoms with E-state index in [1.54, 1.807) is 0 Å². The summed E-state index contributed by atoms with van der Waals surface area (Å²) < 4.78 is 0. The van der Waals surface area contributed by atoms with Crippen LogP contribution in [0.2, 0.25) is 0 Å². The van der Waals surface area contributed by atoms with Crippen LogP contribution in [0.15, 0.2) is 0 Å². The number of carbonyl (C=O) groups is 1. The molecule has 1 aliphatic carbocycles. The molecular weight excluding hydrogens is 236 g/mol. The smallest absolute Gasteiger partial charge is 0.220 e. The van der Waals surface area contributed by atoms with E-state index in [2.05, 4.69) is 17.6 Å². The second kappa shape index (κ2) is 6.60. The minimum absolute atomic E-state index is 0. The van der Waals surface area contributed by atoms with Crippen LogP contribution in [-0.2, 0) is 4.79 Å². The number of halogens is 1. The van der Waals surface area contributed by atoms with Gasteiger partial charge >= 0.3 is 0 Å². The number of rotatable bonds is 5. The van der Waals surface area contributed by atoms with Gasteiger partial charge in [0, 0.05) is 12.0 Å². The molecule has 17 heavy (non-hydrogen) atoms. The molecule has 2 rings (SSSR count). The van der Waals surface area contributed by atoms with Crippen molar-refractivity contribution < 1.29 is 4.79 Å². The molecule has 0 aromatic rings. The molecule has 0 spiro atoms. The maximum Gasteiger partial charge on any atom is 0.220 e. The van der Waals surface area contributed by atoms with Crippen LogP contribution in [0.4, 0.5) is 0 Å². The quantitative estimate of drug-likeness (QED) is 0.796. The van der Waals surface area contributed by atoms with Crippen LogP contribution in [0.1, 0.15) is 51.9 Å². The number of nitrogens with one attached hydrogen (secondary N) is 2. The molecule has 0 bridgehead atoms. The lowest BCUT2D eigenvalue weighted by molar-refractivity contribution is -0.124. The molecule has 0 aromatic carbocycles. The molecule has 1 saturated heterocycles. The van der Waals surface area contributed by atoms with E-state index in [-0.39, 0.29) is 23.9 Å². The zero-order valence-corrected chi connectivity index (χ0v) is 11.6. The maximum atomic E-state index is 11.8. The summed E-state index contributed by atoms with van der Waals surface area (Å²) in [5.41, 5.74) is 0.172. The summed E-state index contributed by atoms with van der Waals surface area (Å²) in [6, 6.07) is 0. The highest BCUT2D eigenvalue weighted by molar-refractivity contribution is 5.85. The Labute approximate surface area is 111 Å². The van der Waals surface area contributed by atoms with Gasteiger partial charge in [0.15, 0.2) is 0 Å². The Hall–Kier alpha value is -0.280. The molecule has 1 saturated carbocycles. The molecular formula is C13H25ClN2O. The molecule has 1 heterocycles. The lowest BCUT2D eigenvalue weighted by Gasteiger charge is -2.42. The molecule has 100 valence electrons. The Morgan fingerprint density at radius 3 is 2.71 bits per heavy atom. The third kappa shape index (κ3) is 3.85. The van der Waals surface area contributed by atoms with Gasteiger partial charge in [-0.25, -0.2) is 0 Å². The highest BCUT2D eigenvalue weighted by atomic mass is 35.5. The predicted octanol–water partition coefficient (Wildman–Crippen LogP) is 2.25. The third-order valence-electron chi connectivity index (χ3n) is 4.33. The summed E-state index contributed by atoms with van der Waals surface area (Å²) in [4.78, 5) is 11.8. The third-order valence-corrected chi connectivity index (χ3v) is 4.33. The Balaban J connectivity index is 0.00000144. The van der Waals surface area contributed by atoms with Gasteiger partial charge in [-0.1, -0.05) is 6.92 Å². The van der Waals surface area contributed by atoms with Crippen molar-refractivity contribution in [1.29, 1.82) is 0 Å². The molecule has 3 nitrogen and oxygen atoms in total. The molecule has 2 fully saturated rings. The number of carbonyl (C=O) groups excluding carboxylic acids is 1. The SMILES string of the molecule is CCC1(NC(=O)CCC2CCNC2)CCC1.Cl. The molecule has 2 N–H and O–H groups in total. The van der Waals surface area contributed by atoms with Gasteiger partial charge in [0.05, 0.1) is 0 Å². The van der Waals surface area contributed by atoms with Gasteiger partial charge in [-0.3, -0.25) is 4.79 Å². The van der Waals surface area contributed by atoms with E-state index in [0.717, 1.165) is 31.8 Å². The zero-order chi connectivity index (χ0) is 11.4. The number of amides is 1. The van der Waals surface area contributed by atoms with Crippen LogP contribution >= 0.6 is 12.4 Å². The van der Waals surface area contributed by atoms with Crippen LogP contribution in [0.5, 0.6) is 0 Å². The Morgan fingerprint density at radius 1 is 1.47 bits per heavy atom. The summed E-state index contributed by atoms with van der Waals surface area (Å²) in [6.07, 6.45) is 7.74. The van der Waals surface area contributed by atoms with Crippen molar-refractivity contribution in [3.63, 3.8) is 0 Å². The van der Waals surface area contributed by atoms with Crippen LogP contribution in [0, 0.1) is 5.92 Å². The average Bonchev–Trinajstić information content (AvgIpc) is 2.73. The monoisotopic (exact) mass is 260 g/mol. The van der Waals surface area contributed by atoms with E-state index in [0.29, 0.717) is 6.42 Å². The first kappa shape index (κ1) is 14.8. The van der Waals surface area contributed by atoms with Gasteiger partial charge in [0.1, 0.15) is 0 Å². The standard InChI is InChI=1S/C13H24N2O.ClH/c1-2-13(7-3-8-13)15-12(16)5-4-11-6-9-14-10-11;/h11,14H,2-10H2,1H3,(H,15,16);1H. The molecule has 4 heteroatoms. The summed E-state index contributed by atoms with van der Waals surface area (Å²) >= 11 is 0. The van der Waals surface area contributed by atoms with E-state index >= 15 is 0 Å². The lowest BCUT2D eigenvalue weighted by atomic mass is 9.74. The molecule has 2 aliphatic rings. The number of hydrogen-bond donors (Lipinski definition) is 2. The highest BCUT2D eigenvalue weighted by Crippen LogP contribution is 2.34. The fourth-order valence-corrected chi connectivity index (χ4v) is 2.82. The van der Waals surface area contributed by atoms with Crippen molar-refractivity contribution in [3.05, 3.63) is 0 Å². The Bertz CT molecular complexity index is 242. The van der Waals surface area contributed by atoms with Gasteiger partial charge in [-0.2, -0.15) is 0 Å². The Morgan fingerprint density at radius 2 is 2.24 bits per heavy atom. The number of hydrogen-bond acceptors (Lipinski definition) is 2. The van der Waals surface area contributed by atoms with E-state index in [4.69, 9.17) is 0 Å². The van der Waals surface area contributed by atoms with E-state index in [1.807, 2.05) is 0 Å². The van der Waals surface area contributed by atoms with Crippen molar-refractivity contribution >= 4 is 18.3 Å². The normalized spacial score (nSPS) is 25.8. The van der Waals surface area contributed by atoms with Crippen molar-refractivity contribution in [2.75, 3.05) is 13.1 Å². The molecule has 1 aliphatic heterocycles. The largest absolute Gasteiger partial charge is 0.351 e. The van der Waals surface area contributed by atoms with E-state index in [9.17, 15) is 4.79 Å². The highest BCUT2D eigenvalue weighted by Gasteiger charge is 2.36. The summed E-state index contributed by atoms with van der Waals surface area (Å²) in [5, 5.41) is 6.59. The first-order valence-corrected chi connectivity index (χ1v) is 6.76. The van der Waals surface area contributed by atoms with Crippen molar-refractivity contribution in [2.24, 2.45) is 5.92 Å². The molecule has 0 radical (unpaired) electrons. The van der Waals surface area contributed by atoms with Gasteiger partial charge in [-0.05, 0) is 57.5 Å². The fraction of sp³-hybridized carbons (Fsp3) is 0.923. The Kier molecular flexibility index (Phi) is 5.74. The second-order valence-electron chi connectivity index (χ2n) is 5.43. The zero-order valence-electron chi connectivity index (χ0n) is 10.8. The summed E-state index contributed by atoms with van der Waals surface area (Å²) in [5.74, 6) is 0.998. The summed E-state index contributed by atoms with van der Waals surface area (Å²) in [7, 11) is 0. The lowest BCUT2D eigenvalue weighted by Crippen LogP contribution is -2.52. The van der Waals surface area contributed by atoms with Crippen molar-refractivity contribution in [2.45, 2.75) is 57.4 Å². The van der Waals surface area contributed by atoms with E-state index < -0.39 is 0 Å². The first-order valence-electron chi connectivity index (χ1n) is 6.76. The minimum atomic E-state index is 0. The van der Waals surface area contributed by atoms with Crippen LogP contribution in [0.25, 0.3) is 0 Å². The minimum Gasteiger partial charge on any atom is -0.351 e. The molecule has 1 atom stereocenters.